The summed E-state index contributed by atoms with van der Waals surface area (Å²) in [5.74, 6) is -0.580. The second kappa shape index (κ2) is 6.82. The summed E-state index contributed by atoms with van der Waals surface area (Å²) < 4.78 is 18.9. The highest BCUT2D eigenvalue weighted by atomic mass is 35.5. The number of anilines is 2. The molecule has 1 amide bonds. The van der Waals surface area contributed by atoms with Gasteiger partial charge < -0.3 is 15.0 Å². The first-order valence-electron chi connectivity index (χ1n) is 8.11. The summed E-state index contributed by atoms with van der Waals surface area (Å²) in [5.41, 5.74) is 0.134. The van der Waals surface area contributed by atoms with Crippen LogP contribution in [0.4, 0.5) is 19.3 Å². The lowest BCUT2D eigenvalue weighted by molar-refractivity contribution is 0.181. The molecule has 4 rings (SSSR count). The summed E-state index contributed by atoms with van der Waals surface area (Å²) in [6.07, 6.45) is 1.18. The quantitative estimate of drug-likeness (QED) is 0.683. The molecule has 10 heteroatoms. The number of thiazole rings is 1. The predicted molar refractivity (Wildman–Crippen MR) is 102 cm³/mol. The third-order valence-electron chi connectivity index (χ3n) is 4.22. The van der Waals surface area contributed by atoms with Gasteiger partial charge in [0.25, 0.3) is 5.56 Å². The SMILES string of the molecule is C[C@H](Nc1ncc(N2CCOC2=O)s1)c1cc2cc(Cl)cc(F)c2[nH]c1=O. The van der Waals surface area contributed by atoms with Gasteiger partial charge >= 0.3 is 6.09 Å². The van der Waals surface area contributed by atoms with E-state index in [1.807, 2.05) is 0 Å². The van der Waals surface area contributed by atoms with Crippen molar-refractivity contribution in [2.75, 3.05) is 23.4 Å². The van der Waals surface area contributed by atoms with Crippen molar-refractivity contribution in [3.05, 3.63) is 51.2 Å². The number of pyridine rings is 1. The molecule has 3 aromatic rings. The van der Waals surface area contributed by atoms with Gasteiger partial charge in [0.2, 0.25) is 0 Å². The van der Waals surface area contributed by atoms with E-state index in [2.05, 4.69) is 15.3 Å². The molecule has 3 heterocycles. The van der Waals surface area contributed by atoms with Crippen LogP contribution in [-0.2, 0) is 4.74 Å². The van der Waals surface area contributed by atoms with Crippen molar-refractivity contribution in [1.82, 2.24) is 9.97 Å². The number of nitrogens with one attached hydrogen (secondary N) is 2. The van der Waals surface area contributed by atoms with Gasteiger partial charge in [-0.1, -0.05) is 22.9 Å². The minimum Gasteiger partial charge on any atom is -0.447 e. The molecule has 0 unspecified atom stereocenters. The Hall–Kier alpha value is -2.65. The van der Waals surface area contributed by atoms with E-state index in [0.717, 1.165) is 6.07 Å². The smallest absolute Gasteiger partial charge is 0.415 e. The Balaban J connectivity index is 1.61. The maximum absolute atomic E-state index is 14.0. The third kappa shape index (κ3) is 3.35. The van der Waals surface area contributed by atoms with Crippen molar-refractivity contribution in [2.24, 2.45) is 0 Å². The molecular weight excluding hydrogens is 395 g/mol. The molecule has 27 heavy (non-hydrogen) atoms. The summed E-state index contributed by atoms with van der Waals surface area (Å²) in [6, 6.07) is 3.95. The molecule has 1 aromatic carbocycles. The number of carbonyl (C=O) groups excluding carboxylic acids is 1. The molecule has 0 aliphatic carbocycles. The topological polar surface area (TPSA) is 87.3 Å². The second-order valence-electron chi connectivity index (χ2n) is 6.04. The van der Waals surface area contributed by atoms with E-state index in [9.17, 15) is 14.0 Å². The summed E-state index contributed by atoms with van der Waals surface area (Å²) in [7, 11) is 0. The summed E-state index contributed by atoms with van der Waals surface area (Å²) in [4.78, 5) is 32.3. The molecule has 1 fully saturated rings. The van der Waals surface area contributed by atoms with Crippen LogP contribution < -0.4 is 15.8 Å². The molecule has 1 saturated heterocycles. The number of hydrogen-bond acceptors (Lipinski definition) is 6. The van der Waals surface area contributed by atoms with Crippen LogP contribution in [-0.4, -0.2) is 29.2 Å². The van der Waals surface area contributed by atoms with E-state index in [0.29, 0.717) is 34.2 Å². The Morgan fingerprint density at radius 2 is 2.22 bits per heavy atom. The Labute approximate surface area is 161 Å². The molecule has 0 bridgehead atoms. The third-order valence-corrected chi connectivity index (χ3v) is 5.39. The molecule has 7 nitrogen and oxygen atoms in total. The summed E-state index contributed by atoms with van der Waals surface area (Å²) in [6.45, 7) is 2.62. The minimum absolute atomic E-state index is 0.115. The number of halogens is 2. The predicted octanol–water partition coefficient (Wildman–Crippen LogP) is 3.91. The first-order chi connectivity index (χ1) is 12.9. The molecule has 0 saturated carbocycles. The van der Waals surface area contributed by atoms with Crippen molar-refractivity contribution in [3.63, 3.8) is 0 Å². The Morgan fingerprint density at radius 3 is 2.96 bits per heavy atom. The fraction of sp³-hybridized carbons (Fsp3) is 0.235. The van der Waals surface area contributed by atoms with Crippen molar-refractivity contribution >= 4 is 50.1 Å². The zero-order valence-electron chi connectivity index (χ0n) is 14.1. The number of benzene rings is 1. The van der Waals surface area contributed by atoms with Crippen molar-refractivity contribution < 1.29 is 13.9 Å². The van der Waals surface area contributed by atoms with E-state index in [1.54, 1.807) is 25.3 Å². The zero-order valence-corrected chi connectivity index (χ0v) is 15.7. The van der Waals surface area contributed by atoms with Crippen molar-refractivity contribution in [1.29, 1.82) is 0 Å². The van der Waals surface area contributed by atoms with Crippen molar-refractivity contribution in [3.8, 4) is 0 Å². The van der Waals surface area contributed by atoms with Crippen LogP contribution in [0.1, 0.15) is 18.5 Å². The number of aromatic nitrogens is 2. The van der Waals surface area contributed by atoms with Gasteiger partial charge in [-0.25, -0.2) is 14.2 Å². The highest BCUT2D eigenvalue weighted by Crippen LogP contribution is 2.31. The van der Waals surface area contributed by atoms with Gasteiger partial charge in [0.05, 0.1) is 24.3 Å². The van der Waals surface area contributed by atoms with Gasteiger partial charge in [0.1, 0.15) is 17.4 Å². The molecular formula is C17H14ClFN4O3S. The van der Waals surface area contributed by atoms with E-state index in [1.165, 1.54) is 16.2 Å². The molecule has 2 aromatic heterocycles. The lowest BCUT2D eigenvalue weighted by Gasteiger charge is -2.13. The molecule has 1 aliphatic heterocycles. The van der Waals surface area contributed by atoms with Gasteiger partial charge in [-0.15, -0.1) is 0 Å². The van der Waals surface area contributed by atoms with Crippen LogP contribution in [0.25, 0.3) is 10.9 Å². The van der Waals surface area contributed by atoms with E-state index >= 15 is 0 Å². The fourth-order valence-electron chi connectivity index (χ4n) is 2.89. The van der Waals surface area contributed by atoms with Gasteiger partial charge in [0.15, 0.2) is 5.13 Å². The number of aromatic amines is 1. The number of cyclic esters (lactones) is 1. The average Bonchev–Trinajstić information content (AvgIpc) is 3.23. The number of rotatable bonds is 4. The number of nitrogens with zero attached hydrogens (tertiary/aromatic N) is 2. The van der Waals surface area contributed by atoms with Crippen LogP contribution in [0, 0.1) is 5.82 Å². The van der Waals surface area contributed by atoms with E-state index < -0.39 is 23.5 Å². The molecule has 0 radical (unpaired) electrons. The van der Waals surface area contributed by atoms with Crippen LogP contribution >= 0.6 is 22.9 Å². The average molecular weight is 409 g/mol. The Kier molecular flexibility index (Phi) is 4.48. The molecule has 2 N–H and O–H groups in total. The second-order valence-corrected chi connectivity index (χ2v) is 7.49. The van der Waals surface area contributed by atoms with Crippen LogP contribution in [0.15, 0.2) is 29.2 Å². The fourth-order valence-corrected chi connectivity index (χ4v) is 4.03. The van der Waals surface area contributed by atoms with Crippen LogP contribution in [0.5, 0.6) is 0 Å². The lowest BCUT2D eigenvalue weighted by Crippen LogP contribution is -2.22. The first kappa shape index (κ1) is 17.7. The van der Waals surface area contributed by atoms with E-state index in [-0.39, 0.29) is 10.5 Å². The Morgan fingerprint density at radius 1 is 1.41 bits per heavy atom. The van der Waals surface area contributed by atoms with Crippen molar-refractivity contribution in [2.45, 2.75) is 13.0 Å². The van der Waals surface area contributed by atoms with Gasteiger partial charge in [-0.05, 0) is 25.1 Å². The van der Waals surface area contributed by atoms with Gasteiger partial charge in [-0.3, -0.25) is 9.69 Å². The molecule has 1 aliphatic rings. The molecule has 0 spiro atoms. The van der Waals surface area contributed by atoms with E-state index in [4.69, 9.17) is 16.3 Å². The van der Waals surface area contributed by atoms with Crippen LogP contribution in [0.3, 0.4) is 0 Å². The zero-order chi connectivity index (χ0) is 19.1. The van der Waals surface area contributed by atoms with Gasteiger partial charge in [0, 0.05) is 16.0 Å². The summed E-state index contributed by atoms with van der Waals surface area (Å²) >= 11 is 7.18. The number of fused-ring (bicyclic) bond motifs is 1. The number of ether oxygens (including phenoxy) is 1. The molecule has 1 atom stereocenters. The normalized spacial score (nSPS) is 15.2. The number of hydrogen-bond donors (Lipinski definition) is 2. The summed E-state index contributed by atoms with van der Waals surface area (Å²) in [5, 5.41) is 5.10. The highest BCUT2D eigenvalue weighted by molar-refractivity contribution is 7.19. The van der Waals surface area contributed by atoms with Gasteiger partial charge in [-0.2, -0.15) is 0 Å². The maximum atomic E-state index is 14.0. The number of amides is 1. The first-order valence-corrected chi connectivity index (χ1v) is 9.30. The monoisotopic (exact) mass is 408 g/mol. The maximum Gasteiger partial charge on any atom is 0.415 e. The largest absolute Gasteiger partial charge is 0.447 e. The molecule has 140 valence electrons. The lowest BCUT2D eigenvalue weighted by atomic mass is 10.1. The van der Waals surface area contributed by atoms with Crippen LogP contribution in [0.2, 0.25) is 5.02 Å². The minimum atomic E-state index is -0.580. The standard InChI is InChI=1S/C17H14ClFN4O3S/c1-8(21-16-20-7-13(27-16)23-2-3-26-17(23)25)11-5-9-4-10(18)6-12(19)14(9)22-15(11)24/h4-8H,2-3H2,1H3,(H,20,21)(H,22,24)/t8-/m0/s1. The Bertz CT molecular complexity index is 1100. The number of carbonyl (C=O) groups is 1. The highest BCUT2D eigenvalue weighted by Gasteiger charge is 2.25. The number of H-pyrrole nitrogens is 1.